The zero-order valence-electron chi connectivity index (χ0n) is 13.0. The van der Waals surface area contributed by atoms with Crippen molar-refractivity contribution in [1.29, 1.82) is 0 Å². The molecule has 1 aliphatic rings. The molecule has 2 aromatic rings. The van der Waals surface area contributed by atoms with E-state index in [4.69, 9.17) is 9.47 Å². The van der Waals surface area contributed by atoms with E-state index in [1.165, 1.54) is 0 Å². The lowest BCUT2D eigenvalue weighted by atomic mass is 9.88. The number of ether oxygens (including phenoxy) is 2. The largest absolute Gasteiger partial charge is 0.508 e. The molecular weight excluding hydrogens is 280 g/mol. The minimum atomic E-state index is -0.662. The SMILES string of the molecule is COc1ccc(-c2ccc(O)cc2)c2c1C[C@H](O)C(C)(C)O2. The van der Waals surface area contributed by atoms with E-state index in [0.717, 1.165) is 22.4 Å². The molecule has 0 amide bonds. The maximum absolute atomic E-state index is 10.3. The molecule has 0 bridgehead atoms. The number of aromatic hydroxyl groups is 1. The van der Waals surface area contributed by atoms with Gasteiger partial charge in [-0.25, -0.2) is 0 Å². The molecule has 0 unspecified atom stereocenters. The van der Waals surface area contributed by atoms with Crippen LogP contribution in [0.25, 0.3) is 11.1 Å². The minimum Gasteiger partial charge on any atom is -0.508 e. The molecule has 4 heteroatoms. The number of hydrogen-bond acceptors (Lipinski definition) is 4. The van der Waals surface area contributed by atoms with E-state index in [-0.39, 0.29) is 5.75 Å². The molecule has 0 aliphatic carbocycles. The second-order valence-electron chi connectivity index (χ2n) is 6.10. The third-order valence-corrected chi connectivity index (χ3v) is 4.18. The first-order valence-electron chi connectivity index (χ1n) is 7.28. The first-order valence-corrected chi connectivity index (χ1v) is 7.28. The summed E-state index contributed by atoms with van der Waals surface area (Å²) >= 11 is 0. The molecule has 0 spiro atoms. The zero-order valence-corrected chi connectivity index (χ0v) is 13.0. The Labute approximate surface area is 129 Å². The van der Waals surface area contributed by atoms with Gasteiger partial charge in [0.1, 0.15) is 22.8 Å². The normalized spacial score (nSPS) is 19.2. The Kier molecular flexibility index (Phi) is 3.49. The van der Waals surface area contributed by atoms with Gasteiger partial charge in [0.25, 0.3) is 0 Å². The molecule has 2 aromatic carbocycles. The van der Waals surface area contributed by atoms with Crippen LogP contribution in [-0.4, -0.2) is 29.0 Å². The smallest absolute Gasteiger partial charge is 0.135 e. The monoisotopic (exact) mass is 300 g/mol. The van der Waals surface area contributed by atoms with E-state index < -0.39 is 11.7 Å². The van der Waals surface area contributed by atoms with E-state index in [1.807, 2.05) is 38.1 Å². The Morgan fingerprint density at radius 2 is 1.82 bits per heavy atom. The highest BCUT2D eigenvalue weighted by molar-refractivity contribution is 5.75. The second-order valence-corrected chi connectivity index (χ2v) is 6.10. The van der Waals surface area contributed by atoms with Gasteiger partial charge in [0.05, 0.1) is 13.2 Å². The highest BCUT2D eigenvalue weighted by Crippen LogP contribution is 2.45. The van der Waals surface area contributed by atoms with Crippen molar-refractivity contribution in [3.05, 3.63) is 42.0 Å². The topological polar surface area (TPSA) is 58.9 Å². The van der Waals surface area contributed by atoms with Crippen LogP contribution in [0.15, 0.2) is 36.4 Å². The molecule has 0 saturated carbocycles. The van der Waals surface area contributed by atoms with Gasteiger partial charge in [-0.05, 0) is 43.7 Å². The maximum atomic E-state index is 10.3. The summed E-state index contributed by atoms with van der Waals surface area (Å²) in [7, 11) is 1.61. The number of fused-ring (bicyclic) bond motifs is 1. The van der Waals surface area contributed by atoms with Crippen molar-refractivity contribution in [2.45, 2.75) is 32.0 Å². The number of aliphatic hydroxyl groups excluding tert-OH is 1. The van der Waals surface area contributed by atoms with Crippen LogP contribution >= 0.6 is 0 Å². The van der Waals surface area contributed by atoms with Crippen molar-refractivity contribution in [3.8, 4) is 28.4 Å². The lowest BCUT2D eigenvalue weighted by Gasteiger charge is -2.38. The Morgan fingerprint density at radius 1 is 1.14 bits per heavy atom. The molecule has 0 radical (unpaired) electrons. The van der Waals surface area contributed by atoms with Crippen LogP contribution in [0.5, 0.6) is 17.2 Å². The fourth-order valence-electron chi connectivity index (χ4n) is 2.75. The summed E-state index contributed by atoms with van der Waals surface area (Å²) in [6, 6.07) is 10.8. The summed E-state index contributed by atoms with van der Waals surface area (Å²) in [4.78, 5) is 0. The third kappa shape index (κ3) is 2.40. The molecular formula is C18H20O4. The van der Waals surface area contributed by atoms with Crippen LogP contribution in [0.3, 0.4) is 0 Å². The van der Waals surface area contributed by atoms with Crippen LogP contribution in [0.1, 0.15) is 19.4 Å². The van der Waals surface area contributed by atoms with Crippen LogP contribution in [-0.2, 0) is 6.42 Å². The molecule has 116 valence electrons. The van der Waals surface area contributed by atoms with Crippen LogP contribution in [0.2, 0.25) is 0 Å². The van der Waals surface area contributed by atoms with Crippen LogP contribution in [0.4, 0.5) is 0 Å². The van der Waals surface area contributed by atoms with Crippen molar-refractivity contribution >= 4 is 0 Å². The second kappa shape index (κ2) is 5.21. The van der Waals surface area contributed by atoms with Gasteiger partial charge in [-0.3, -0.25) is 0 Å². The Bertz CT molecular complexity index is 689. The van der Waals surface area contributed by atoms with Gasteiger partial charge in [0, 0.05) is 17.5 Å². The highest BCUT2D eigenvalue weighted by Gasteiger charge is 2.38. The van der Waals surface area contributed by atoms with Crippen LogP contribution < -0.4 is 9.47 Å². The summed E-state index contributed by atoms with van der Waals surface area (Å²) in [5.74, 6) is 1.68. The first kappa shape index (κ1) is 14.7. The lowest BCUT2D eigenvalue weighted by molar-refractivity contribution is -0.0412. The summed E-state index contributed by atoms with van der Waals surface area (Å²) < 4.78 is 11.5. The predicted octanol–water partition coefficient (Wildman–Crippen LogP) is 3.14. The van der Waals surface area contributed by atoms with Crippen molar-refractivity contribution in [3.63, 3.8) is 0 Å². The van der Waals surface area contributed by atoms with Crippen LogP contribution in [0, 0.1) is 0 Å². The fraction of sp³-hybridized carbons (Fsp3) is 0.333. The summed E-state index contributed by atoms with van der Waals surface area (Å²) in [5.41, 5.74) is 2.09. The van der Waals surface area contributed by atoms with Gasteiger partial charge >= 0.3 is 0 Å². The standard InChI is InChI=1S/C18H20O4/c1-18(2)16(20)10-14-15(21-3)9-8-13(17(14)22-18)11-4-6-12(19)7-5-11/h4-9,16,19-20H,10H2,1-3H3/t16-/m0/s1. The molecule has 0 fully saturated rings. The minimum absolute atomic E-state index is 0.225. The lowest BCUT2D eigenvalue weighted by Crippen LogP contribution is -2.46. The maximum Gasteiger partial charge on any atom is 0.135 e. The van der Waals surface area contributed by atoms with E-state index >= 15 is 0 Å². The molecule has 3 rings (SSSR count). The number of aliphatic hydroxyl groups is 1. The predicted molar refractivity (Wildman–Crippen MR) is 84.5 cm³/mol. The summed E-state index contributed by atoms with van der Waals surface area (Å²) in [6.07, 6.45) is -0.110. The van der Waals surface area contributed by atoms with Gasteiger partial charge in [0.2, 0.25) is 0 Å². The zero-order chi connectivity index (χ0) is 15.9. The van der Waals surface area contributed by atoms with Crippen molar-refractivity contribution in [2.24, 2.45) is 0 Å². The average molecular weight is 300 g/mol. The Balaban J connectivity index is 2.17. The fourth-order valence-corrected chi connectivity index (χ4v) is 2.75. The number of hydrogen-bond donors (Lipinski definition) is 2. The number of phenols is 1. The molecule has 22 heavy (non-hydrogen) atoms. The van der Waals surface area contributed by atoms with E-state index in [1.54, 1.807) is 19.2 Å². The van der Waals surface area contributed by atoms with E-state index in [9.17, 15) is 10.2 Å². The molecule has 1 atom stereocenters. The molecule has 1 aliphatic heterocycles. The van der Waals surface area contributed by atoms with Gasteiger partial charge in [0.15, 0.2) is 0 Å². The number of rotatable bonds is 2. The quantitative estimate of drug-likeness (QED) is 0.894. The molecule has 0 aromatic heterocycles. The van der Waals surface area contributed by atoms with E-state index in [2.05, 4.69) is 0 Å². The number of methoxy groups -OCH3 is 1. The van der Waals surface area contributed by atoms with Gasteiger partial charge < -0.3 is 19.7 Å². The highest BCUT2D eigenvalue weighted by atomic mass is 16.5. The van der Waals surface area contributed by atoms with Gasteiger partial charge in [-0.15, -0.1) is 0 Å². The molecule has 1 heterocycles. The summed E-state index contributed by atoms with van der Waals surface area (Å²) in [5, 5.41) is 19.7. The van der Waals surface area contributed by atoms with Gasteiger partial charge in [-0.1, -0.05) is 12.1 Å². The Morgan fingerprint density at radius 3 is 2.45 bits per heavy atom. The number of phenolic OH excluding ortho intramolecular Hbond substituents is 1. The number of benzene rings is 2. The van der Waals surface area contributed by atoms with Crippen molar-refractivity contribution in [1.82, 2.24) is 0 Å². The van der Waals surface area contributed by atoms with Crippen molar-refractivity contribution < 1.29 is 19.7 Å². The molecule has 0 saturated heterocycles. The first-order chi connectivity index (χ1) is 10.4. The Hall–Kier alpha value is -2.20. The van der Waals surface area contributed by atoms with E-state index in [0.29, 0.717) is 12.2 Å². The summed E-state index contributed by atoms with van der Waals surface area (Å²) in [6.45, 7) is 3.75. The van der Waals surface area contributed by atoms with Crippen molar-refractivity contribution in [2.75, 3.05) is 7.11 Å². The third-order valence-electron chi connectivity index (χ3n) is 4.18. The molecule has 2 N–H and O–H groups in total. The molecule has 4 nitrogen and oxygen atoms in total. The average Bonchev–Trinajstić information content (AvgIpc) is 2.48. The van der Waals surface area contributed by atoms with Gasteiger partial charge in [-0.2, -0.15) is 0 Å².